The average Bonchev–Trinajstić information content (AvgIpc) is 3.04. The van der Waals surface area contributed by atoms with Gasteiger partial charge in [-0.25, -0.2) is 0 Å². The highest BCUT2D eigenvalue weighted by Gasteiger charge is 2.27. The van der Waals surface area contributed by atoms with Gasteiger partial charge in [-0.3, -0.25) is 9.59 Å². The third-order valence-electron chi connectivity index (χ3n) is 3.02. The number of nitrogens with one attached hydrogen (secondary N) is 1. The highest BCUT2D eigenvalue weighted by atomic mass is 16.6. The quantitative estimate of drug-likeness (QED) is 0.741. The Morgan fingerprint density at radius 1 is 1.28 bits per heavy atom. The summed E-state index contributed by atoms with van der Waals surface area (Å²) in [6.45, 7) is 8.34. The van der Waals surface area contributed by atoms with E-state index in [1.807, 2.05) is 20.8 Å². The van der Waals surface area contributed by atoms with E-state index in [4.69, 9.17) is 4.74 Å². The number of amides is 1. The molecule has 0 aromatic rings. The molecule has 4 nitrogen and oxygen atoms in total. The summed E-state index contributed by atoms with van der Waals surface area (Å²) >= 11 is 0. The molecular formula is C14H25NO3. The molecule has 1 unspecified atom stereocenters. The summed E-state index contributed by atoms with van der Waals surface area (Å²) < 4.78 is 5.14. The van der Waals surface area contributed by atoms with Gasteiger partial charge in [-0.1, -0.05) is 6.92 Å². The minimum Gasteiger partial charge on any atom is -0.460 e. The zero-order chi connectivity index (χ0) is 13.8. The van der Waals surface area contributed by atoms with Gasteiger partial charge < -0.3 is 10.1 Å². The van der Waals surface area contributed by atoms with Crippen molar-refractivity contribution >= 4 is 11.9 Å². The third kappa shape index (κ3) is 6.62. The van der Waals surface area contributed by atoms with Crippen LogP contribution in [0.4, 0.5) is 0 Å². The Hall–Kier alpha value is -1.06. The Kier molecular flexibility index (Phi) is 5.17. The Balaban J connectivity index is 2.10. The molecule has 1 atom stereocenters. The van der Waals surface area contributed by atoms with Crippen LogP contribution in [0.2, 0.25) is 0 Å². The predicted molar refractivity (Wildman–Crippen MR) is 70.0 cm³/mol. The van der Waals surface area contributed by atoms with Gasteiger partial charge in [0, 0.05) is 13.0 Å². The molecule has 1 N–H and O–H groups in total. The Bertz CT molecular complexity index is 303. The number of carbonyl (C=O) groups excluding carboxylic acids is 2. The standard InChI is InChI=1S/C14H25NO3/c1-10(11-5-6-11)9-15-12(16)7-8-13(17)18-14(2,3)4/h10-11H,5-9H2,1-4H3,(H,15,16). The molecule has 0 spiro atoms. The largest absolute Gasteiger partial charge is 0.460 e. The molecule has 18 heavy (non-hydrogen) atoms. The molecule has 0 heterocycles. The summed E-state index contributed by atoms with van der Waals surface area (Å²) in [5, 5.41) is 2.88. The van der Waals surface area contributed by atoms with Crippen LogP contribution in [0.25, 0.3) is 0 Å². The maximum Gasteiger partial charge on any atom is 0.306 e. The maximum atomic E-state index is 11.5. The fraction of sp³-hybridized carbons (Fsp3) is 0.857. The molecule has 1 amide bonds. The smallest absolute Gasteiger partial charge is 0.306 e. The molecule has 0 aromatic heterocycles. The molecule has 0 bridgehead atoms. The van der Waals surface area contributed by atoms with Crippen LogP contribution in [0.1, 0.15) is 53.4 Å². The number of esters is 1. The summed E-state index contributed by atoms with van der Waals surface area (Å²) in [4.78, 5) is 23.0. The summed E-state index contributed by atoms with van der Waals surface area (Å²) in [5.41, 5.74) is -0.478. The van der Waals surface area contributed by atoms with Crippen LogP contribution in [0.15, 0.2) is 0 Å². The minimum atomic E-state index is -0.478. The van der Waals surface area contributed by atoms with Crippen molar-refractivity contribution in [2.45, 2.75) is 59.0 Å². The van der Waals surface area contributed by atoms with Crippen LogP contribution in [0, 0.1) is 11.8 Å². The van der Waals surface area contributed by atoms with Crippen molar-refractivity contribution in [3.63, 3.8) is 0 Å². The van der Waals surface area contributed by atoms with Crippen molar-refractivity contribution in [3.05, 3.63) is 0 Å². The van der Waals surface area contributed by atoms with Crippen molar-refractivity contribution in [1.29, 1.82) is 0 Å². The highest BCUT2D eigenvalue weighted by molar-refractivity contribution is 5.81. The van der Waals surface area contributed by atoms with Crippen molar-refractivity contribution in [3.8, 4) is 0 Å². The first-order valence-electron chi connectivity index (χ1n) is 6.76. The van der Waals surface area contributed by atoms with Crippen LogP contribution in [0.5, 0.6) is 0 Å². The van der Waals surface area contributed by atoms with Gasteiger partial charge in [0.2, 0.25) is 5.91 Å². The van der Waals surface area contributed by atoms with Crippen LogP contribution in [-0.2, 0) is 14.3 Å². The Morgan fingerprint density at radius 2 is 1.89 bits per heavy atom. The van der Waals surface area contributed by atoms with E-state index in [-0.39, 0.29) is 24.7 Å². The zero-order valence-electron chi connectivity index (χ0n) is 11.9. The van der Waals surface area contributed by atoms with Crippen LogP contribution in [0.3, 0.4) is 0 Å². The van der Waals surface area contributed by atoms with Crippen molar-refractivity contribution in [2.24, 2.45) is 11.8 Å². The highest BCUT2D eigenvalue weighted by Crippen LogP contribution is 2.36. The lowest BCUT2D eigenvalue weighted by molar-refractivity contribution is -0.155. The predicted octanol–water partition coefficient (Wildman–Crippen LogP) is 2.27. The van der Waals surface area contributed by atoms with Crippen LogP contribution >= 0.6 is 0 Å². The van der Waals surface area contributed by atoms with E-state index < -0.39 is 5.60 Å². The van der Waals surface area contributed by atoms with Gasteiger partial charge in [-0.05, 0) is 45.4 Å². The van der Waals surface area contributed by atoms with Gasteiger partial charge in [0.05, 0.1) is 6.42 Å². The average molecular weight is 255 g/mol. The van der Waals surface area contributed by atoms with Crippen molar-refractivity contribution in [1.82, 2.24) is 5.32 Å². The molecule has 1 rings (SSSR count). The molecule has 0 saturated heterocycles. The summed E-state index contributed by atoms with van der Waals surface area (Å²) in [7, 11) is 0. The Labute approximate surface area is 109 Å². The summed E-state index contributed by atoms with van der Waals surface area (Å²) in [6, 6.07) is 0. The number of ether oxygens (including phenoxy) is 1. The maximum absolute atomic E-state index is 11.5. The first-order chi connectivity index (χ1) is 8.28. The summed E-state index contributed by atoms with van der Waals surface area (Å²) in [5.74, 6) is 0.966. The lowest BCUT2D eigenvalue weighted by Gasteiger charge is -2.19. The van der Waals surface area contributed by atoms with E-state index in [1.54, 1.807) is 0 Å². The van der Waals surface area contributed by atoms with Gasteiger partial charge in [0.15, 0.2) is 0 Å². The van der Waals surface area contributed by atoms with Gasteiger partial charge >= 0.3 is 5.97 Å². The molecule has 0 radical (unpaired) electrons. The second-order valence-electron chi connectivity index (χ2n) is 6.21. The van der Waals surface area contributed by atoms with E-state index in [0.29, 0.717) is 5.92 Å². The second-order valence-corrected chi connectivity index (χ2v) is 6.21. The molecule has 1 saturated carbocycles. The Morgan fingerprint density at radius 3 is 2.39 bits per heavy atom. The third-order valence-corrected chi connectivity index (χ3v) is 3.02. The van der Waals surface area contributed by atoms with E-state index in [2.05, 4.69) is 12.2 Å². The van der Waals surface area contributed by atoms with Crippen LogP contribution < -0.4 is 5.32 Å². The SMILES string of the molecule is CC(CNC(=O)CCC(=O)OC(C)(C)C)C1CC1. The van der Waals surface area contributed by atoms with Gasteiger partial charge in [-0.2, -0.15) is 0 Å². The molecule has 1 fully saturated rings. The topological polar surface area (TPSA) is 55.4 Å². The number of carbonyl (C=O) groups is 2. The molecule has 0 aliphatic heterocycles. The molecule has 1 aliphatic rings. The zero-order valence-corrected chi connectivity index (χ0v) is 11.9. The second kappa shape index (κ2) is 6.21. The van der Waals surface area contributed by atoms with Crippen molar-refractivity contribution < 1.29 is 14.3 Å². The lowest BCUT2D eigenvalue weighted by Crippen LogP contribution is -2.30. The van der Waals surface area contributed by atoms with Crippen molar-refractivity contribution in [2.75, 3.05) is 6.54 Å². The number of hydrogen-bond donors (Lipinski definition) is 1. The normalized spacial score (nSPS) is 17.1. The van der Waals surface area contributed by atoms with E-state index in [1.165, 1.54) is 12.8 Å². The number of hydrogen-bond acceptors (Lipinski definition) is 3. The van der Waals surface area contributed by atoms with Crippen LogP contribution in [-0.4, -0.2) is 24.0 Å². The van der Waals surface area contributed by atoms with E-state index in [0.717, 1.165) is 12.5 Å². The fourth-order valence-corrected chi connectivity index (χ4v) is 1.80. The van der Waals surface area contributed by atoms with Gasteiger partial charge in [0.1, 0.15) is 5.60 Å². The monoisotopic (exact) mass is 255 g/mol. The first kappa shape index (κ1) is 15.0. The summed E-state index contributed by atoms with van der Waals surface area (Å²) in [6.07, 6.45) is 2.94. The van der Waals surface area contributed by atoms with Gasteiger partial charge in [0.25, 0.3) is 0 Å². The van der Waals surface area contributed by atoms with E-state index >= 15 is 0 Å². The van der Waals surface area contributed by atoms with E-state index in [9.17, 15) is 9.59 Å². The molecular weight excluding hydrogens is 230 g/mol. The fourth-order valence-electron chi connectivity index (χ4n) is 1.80. The first-order valence-corrected chi connectivity index (χ1v) is 6.76. The van der Waals surface area contributed by atoms with Gasteiger partial charge in [-0.15, -0.1) is 0 Å². The number of rotatable bonds is 6. The molecule has 1 aliphatic carbocycles. The molecule has 4 heteroatoms. The lowest BCUT2D eigenvalue weighted by atomic mass is 10.1. The molecule has 0 aromatic carbocycles. The molecule has 104 valence electrons. The minimum absolute atomic E-state index is 0.0617.